The number of carboxylic acid groups (broad SMARTS) is 1. The third kappa shape index (κ3) is 1.92. The molecule has 14 heavy (non-hydrogen) atoms. The number of hydrogen-bond donors (Lipinski definition) is 2. The van der Waals surface area contributed by atoms with Crippen LogP contribution in [0.2, 0.25) is 0 Å². The van der Waals surface area contributed by atoms with Crippen molar-refractivity contribution >= 4 is 5.97 Å². The van der Waals surface area contributed by atoms with Crippen molar-refractivity contribution in [2.45, 2.75) is 5.60 Å². The third-order valence-corrected chi connectivity index (χ3v) is 1.96. The highest BCUT2D eigenvalue weighted by Gasteiger charge is 2.37. The molecule has 0 saturated heterocycles. The Bertz CT molecular complexity index is 309. The van der Waals surface area contributed by atoms with Gasteiger partial charge in [-0.25, -0.2) is 4.79 Å². The average molecular weight is 196 g/mol. The van der Waals surface area contributed by atoms with Crippen molar-refractivity contribution in [3.05, 3.63) is 35.9 Å². The smallest absolute Gasteiger partial charge is 0.342 e. The fraction of sp³-hybridized carbons (Fsp3) is 0.300. The van der Waals surface area contributed by atoms with Gasteiger partial charge in [-0.05, 0) is 5.56 Å². The first-order chi connectivity index (χ1) is 6.61. The number of benzene rings is 1. The summed E-state index contributed by atoms with van der Waals surface area (Å²) in [7, 11) is 1.34. The molecule has 1 aromatic carbocycles. The van der Waals surface area contributed by atoms with E-state index in [0.29, 0.717) is 5.56 Å². The molecule has 1 rings (SSSR count). The summed E-state index contributed by atoms with van der Waals surface area (Å²) >= 11 is 0. The fourth-order valence-electron chi connectivity index (χ4n) is 1.19. The van der Waals surface area contributed by atoms with Gasteiger partial charge in [0.25, 0.3) is 0 Å². The van der Waals surface area contributed by atoms with Crippen LogP contribution in [-0.2, 0) is 15.1 Å². The zero-order chi connectivity index (χ0) is 10.6. The monoisotopic (exact) mass is 196 g/mol. The van der Waals surface area contributed by atoms with Gasteiger partial charge < -0.3 is 14.9 Å². The molecule has 0 saturated carbocycles. The summed E-state index contributed by atoms with van der Waals surface area (Å²) in [6, 6.07) is 8.18. The number of aliphatic hydroxyl groups is 1. The number of rotatable bonds is 4. The van der Waals surface area contributed by atoms with Crippen molar-refractivity contribution in [2.24, 2.45) is 0 Å². The van der Waals surface area contributed by atoms with Gasteiger partial charge in [-0.1, -0.05) is 30.3 Å². The lowest BCUT2D eigenvalue weighted by Gasteiger charge is -2.22. The maximum atomic E-state index is 10.9. The molecule has 0 heterocycles. The maximum Gasteiger partial charge on any atom is 0.342 e. The zero-order valence-corrected chi connectivity index (χ0v) is 7.80. The van der Waals surface area contributed by atoms with Gasteiger partial charge in [0.2, 0.25) is 5.60 Å². The predicted molar refractivity (Wildman–Crippen MR) is 49.9 cm³/mol. The molecule has 4 heteroatoms. The van der Waals surface area contributed by atoms with E-state index >= 15 is 0 Å². The van der Waals surface area contributed by atoms with E-state index in [-0.39, 0.29) is 6.61 Å². The van der Waals surface area contributed by atoms with Gasteiger partial charge >= 0.3 is 5.97 Å². The summed E-state index contributed by atoms with van der Waals surface area (Å²) in [6.45, 7) is -0.271. The van der Waals surface area contributed by atoms with Gasteiger partial charge in [-0.2, -0.15) is 0 Å². The third-order valence-electron chi connectivity index (χ3n) is 1.96. The lowest BCUT2D eigenvalue weighted by molar-refractivity contribution is -0.165. The first-order valence-electron chi connectivity index (χ1n) is 4.11. The van der Waals surface area contributed by atoms with Gasteiger partial charge in [0, 0.05) is 7.11 Å². The second-order valence-electron chi connectivity index (χ2n) is 2.96. The maximum absolute atomic E-state index is 10.9. The van der Waals surface area contributed by atoms with E-state index < -0.39 is 11.6 Å². The first-order valence-corrected chi connectivity index (χ1v) is 4.11. The van der Waals surface area contributed by atoms with E-state index in [2.05, 4.69) is 0 Å². The molecule has 0 radical (unpaired) electrons. The predicted octanol–water partition coefficient (Wildman–Crippen LogP) is 0.605. The van der Waals surface area contributed by atoms with E-state index in [1.165, 1.54) is 7.11 Å². The van der Waals surface area contributed by atoms with Crippen LogP contribution in [0.5, 0.6) is 0 Å². The average Bonchev–Trinajstić information content (AvgIpc) is 2.19. The quantitative estimate of drug-likeness (QED) is 0.740. The van der Waals surface area contributed by atoms with E-state index in [4.69, 9.17) is 9.84 Å². The minimum atomic E-state index is -1.96. The molecule has 0 aliphatic carbocycles. The van der Waals surface area contributed by atoms with E-state index in [1.54, 1.807) is 30.3 Å². The molecule has 4 nitrogen and oxygen atoms in total. The van der Waals surface area contributed by atoms with Crippen molar-refractivity contribution in [2.75, 3.05) is 13.7 Å². The Hall–Kier alpha value is -1.39. The van der Waals surface area contributed by atoms with Crippen molar-refractivity contribution < 1.29 is 19.7 Å². The van der Waals surface area contributed by atoms with Crippen LogP contribution in [0.3, 0.4) is 0 Å². The minimum Gasteiger partial charge on any atom is -0.479 e. The summed E-state index contributed by atoms with van der Waals surface area (Å²) < 4.78 is 4.69. The number of hydrogen-bond acceptors (Lipinski definition) is 3. The SMILES string of the molecule is COC[C@](O)(C(=O)O)c1ccccc1. The number of ether oxygens (including phenoxy) is 1. The highest BCUT2D eigenvalue weighted by atomic mass is 16.5. The molecule has 0 spiro atoms. The fourth-order valence-corrected chi connectivity index (χ4v) is 1.19. The van der Waals surface area contributed by atoms with Crippen molar-refractivity contribution in [1.29, 1.82) is 0 Å². The summed E-state index contributed by atoms with van der Waals surface area (Å²) in [5, 5.41) is 18.7. The Morgan fingerprint density at radius 1 is 1.43 bits per heavy atom. The number of carbonyl (C=O) groups is 1. The Balaban J connectivity index is 3.06. The summed E-state index contributed by atoms with van der Waals surface area (Å²) in [4.78, 5) is 10.9. The summed E-state index contributed by atoms with van der Waals surface area (Å²) in [5.74, 6) is -1.31. The molecule has 2 N–H and O–H groups in total. The molecule has 0 amide bonds. The van der Waals surface area contributed by atoms with Crippen LogP contribution in [0.1, 0.15) is 5.56 Å². The molecule has 0 fully saturated rings. The van der Waals surface area contributed by atoms with E-state index in [9.17, 15) is 9.90 Å². The van der Waals surface area contributed by atoms with Crippen LogP contribution in [0.4, 0.5) is 0 Å². The van der Waals surface area contributed by atoms with Crippen LogP contribution < -0.4 is 0 Å². The topological polar surface area (TPSA) is 66.8 Å². The largest absolute Gasteiger partial charge is 0.479 e. The normalized spacial score (nSPS) is 14.7. The molecule has 0 aliphatic rings. The van der Waals surface area contributed by atoms with Crippen LogP contribution in [-0.4, -0.2) is 29.9 Å². The lowest BCUT2D eigenvalue weighted by Crippen LogP contribution is -2.39. The lowest BCUT2D eigenvalue weighted by atomic mass is 9.95. The van der Waals surface area contributed by atoms with Crippen molar-refractivity contribution in [1.82, 2.24) is 0 Å². The summed E-state index contributed by atoms with van der Waals surface area (Å²) in [5.41, 5.74) is -1.65. The molecule has 0 aromatic heterocycles. The molecule has 0 unspecified atom stereocenters. The second kappa shape index (κ2) is 4.21. The molecule has 1 aromatic rings. The number of methoxy groups -OCH3 is 1. The van der Waals surface area contributed by atoms with Crippen LogP contribution in [0.15, 0.2) is 30.3 Å². The molecule has 76 valence electrons. The Morgan fingerprint density at radius 3 is 2.43 bits per heavy atom. The van der Waals surface area contributed by atoms with Crippen LogP contribution in [0.25, 0.3) is 0 Å². The van der Waals surface area contributed by atoms with Crippen molar-refractivity contribution in [3.63, 3.8) is 0 Å². The number of carboxylic acids is 1. The Kier molecular flexibility index (Phi) is 3.22. The van der Waals surface area contributed by atoms with E-state index in [1.807, 2.05) is 0 Å². The highest BCUT2D eigenvalue weighted by molar-refractivity contribution is 5.79. The van der Waals surface area contributed by atoms with Crippen LogP contribution >= 0.6 is 0 Å². The van der Waals surface area contributed by atoms with Gasteiger partial charge in [-0.3, -0.25) is 0 Å². The summed E-state index contributed by atoms with van der Waals surface area (Å²) in [6.07, 6.45) is 0. The second-order valence-corrected chi connectivity index (χ2v) is 2.96. The van der Waals surface area contributed by atoms with Crippen molar-refractivity contribution in [3.8, 4) is 0 Å². The Morgan fingerprint density at radius 2 is 2.00 bits per heavy atom. The first kappa shape index (κ1) is 10.7. The number of aliphatic carboxylic acids is 1. The van der Waals surface area contributed by atoms with Gasteiger partial charge in [-0.15, -0.1) is 0 Å². The van der Waals surface area contributed by atoms with E-state index in [0.717, 1.165) is 0 Å². The van der Waals surface area contributed by atoms with Gasteiger partial charge in [0.15, 0.2) is 0 Å². The van der Waals surface area contributed by atoms with Gasteiger partial charge in [0.1, 0.15) is 0 Å². The molecular formula is C10H12O4. The van der Waals surface area contributed by atoms with Gasteiger partial charge in [0.05, 0.1) is 6.61 Å². The minimum absolute atomic E-state index is 0.271. The standard InChI is InChI=1S/C10H12O4/c1-14-7-10(13,9(11)12)8-5-3-2-4-6-8/h2-6,13H,7H2,1H3,(H,11,12)/t10-/m1/s1. The zero-order valence-electron chi connectivity index (χ0n) is 7.80. The molecular weight excluding hydrogens is 184 g/mol. The Labute approximate surface area is 81.8 Å². The highest BCUT2D eigenvalue weighted by Crippen LogP contribution is 2.21. The molecule has 0 bridgehead atoms. The molecule has 0 aliphatic heterocycles. The van der Waals surface area contributed by atoms with Crippen LogP contribution in [0, 0.1) is 0 Å². The molecule has 1 atom stereocenters.